The molecule has 1 aromatic carbocycles. The number of nitrogens with one attached hydrogen (secondary N) is 1. The number of nitrogens with zero attached hydrogens (tertiary/aromatic N) is 1. The molecule has 7 heteroatoms. The molecule has 0 fully saturated rings. The Morgan fingerprint density at radius 2 is 1.95 bits per heavy atom. The van der Waals surface area contributed by atoms with Crippen LogP contribution in [-0.2, 0) is 0 Å². The number of rotatable bonds is 2. The zero-order chi connectivity index (χ0) is 14.2. The first kappa shape index (κ1) is 13.7. The first-order valence-corrected chi connectivity index (χ1v) is 6.06. The summed E-state index contributed by atoms with van der Waals surface area (Å²) in [5.74, 6) is 0.459. The second-order valence-electron chi connectivity index (χ2n) is 3.83. The number of aromatic amines is 1. The summed E-state index contributed by atoms with van der Waals surface area (Å²) in [4.78, 5) is 26.3. The number of methoxy groups -OCH3 is 1. The van der Waals surface area contributed by atoms with Crippen LogP contribution in [0.4, 0.5) is 0 Å². The molecule has 1 N–H and O–H groups in total. The molecular weight excluding hydrogens is 291 g/mol. The Labute approximate surface area is 118 Å². The minimum atomic E-state index is -0.623. The largest absolute Gasteiger partial charge is 0.495 e. The molecule has 1 aromatic heterocycles. The van der Waals surface area contributed by atoms with Crippen LogP contribution in [-0.4, -0.2) is 16.7 Å². The third-order valence-electron chi connectivity index (χ3n) is 2.67. The quantitative estimate of drug-likeness (QED) is 0.864. The number of halogens is 2. The number of hydrogen-bond donors (Lipinski definition) is 1. The Morgan fingerprint density at radius 1 is 1.26 bits per heavy atom. The van der Waals surface area contributed by atoms with Gasteiger partial charge in [0.05, 0.1) is 23.4 Å². The first-order chi connectivity index (χ1) is 8.95. The zero-order valence-corrected chi connectivity index (χ0v) is 11.7. The van der Waals surface area contributed by atoms with Gasteiger partial charge in [0.1, 0.15) is 10.9 Å². The van der Waals surface area contributed by atoms with Crippen LogP contribution in [0.5, 0.6) is 5.75 Å². The average Bonchev–Trinajstić information content (AvgIpc) is 2.36. The summed E-state index contributed by atoms with van der Waals surface area (Å²) < 4.78 is 5.98. The maximum Gasteiger partial charge on any atom is 0.334 e. The topological polar surface area (TPSA) is 64.1 Å². The van der Waals surface area contributed by atoms with E-state index in [1.165, 1.54) is 20.1 Å². The molecule has 0 bridgehead atoms. The lowest BCUT2D eigenvalue weighted by Crippen LogP contribution is -2.35. The summed E-state index contributed by atoms with van der Waals surface area (Å²) in [6.45, 7) is 1.53. The number of ether oxygens (including phenoxy) is 1. The van der Waals surface area contributed by atoms with E-state index in [-0.39, 0.29) is 10.7 Å². The molecule has 0 spiro atoms. The van der Waals surface area contributed by atoms with E-state index < -0.39 is 11.2 Å². The Balaban J connectivity index is 2.73. The van der Waals surface area contributed by atoms with E-state index in [1.807, 2.05) is 0 Å². The number of hydrogen-bond acceptors (Lipinski definition) is 3. The molecule has 0 aliphatic rings. The van der Waals surface area contributed by atoms with Crippen molar-refractivity contribution in [2.45, 2.75) is 6.92 Å². The average molecular weight is 301 g/mol. The predicted octanol–water partition coefficient (Wildman–Crippen LogP) is 2.15. The van der Waals surface area contributed by atoms with Gasteiger partial charge < -0.3 is 4.74 Å². The highest BCUT2D eigenvalue weighted by Crippen LogP contribution is 2.25. The molecule has 0 aliphatic heterocycles. The van der Waals surface area contributed by atoms with E-state index >= 15 is 0 Å². The van der Waals surface area contributed by atoms with Crippen LogP contribution in [0.1, 0.15) is 5.56 Å². The second kappa shape index (κ2) is 5.11. The van der Waals surface area contributed by atoms with Gasteiger partial charge in [0.25, 0.3) is 5.56 Å². The summed E-state index contributed by atoms with van der Waals surface area (Å²) in [5, 5.41) is 0.338. The third-order valence-corrected chi connectivity index (χ3v) is 3.34. The van der Waals surface area contributed by atoms with Crippen molar-refractivity contribution >= 4 is 23.2 Å². The highest BCUT2D eigenvalue weighted by atomic mass is 35.5. The molecule has 0 saturated carbocycles. The van der Waals surface area contributed by atoms with Gasteiger partial charge in [-0.3, -0.25) is 9.78 Å². The molecule has 0 atom stereocenters. The van der Waals surface area contributed by atoms with E-state index in [4.69, 9.17) is 27.9 Å². The number of benzene rings is 1. The van der Waals surface area contributed by atoms with E-state index in [0.29, 0.717) is 16.5 Å². The minimum absolute atomic E-state index is 0.0332. The second-order valence-corrected chi connectivity index (χ2v) is 4.61. The van der Waals surface area contributed by atoms with Gasteiger partial charge in [-0.1, -0.05) is 23.2 Å². The molecule has 1 heterocycles. The van der Waals surface area contributed by atoms with Crippen LogP contribution in [0.15, 0.2) is 27.8 Å². The Morgan fingerprint density at radius 3 is 2.53 bits per heavy atom. The van der Waals surface area contributed by atoms with Crippen molar-refractivity contribution < 1.29 is 4.74 Å². The lowest BCUT2D eigenvalue weighted by molar-refractivity contribution is 0.415. The maximum atomic E-state index is 12.1. The zero-order valence-electron chi connectivity index (χ0n) is 10.2. The summed E-state index contributed by atoms with van der Waals surface area (Å²) in [7, 11) is 1.48. The monoisotopic (exact) mass is 300 g/mol. The van der Waals surface area contributed by atoms with Crippen LogP contribution in [0, 0.1) is 6.92 Å². The molecule has 5 nitrogen and oxygen atoms in total. The van der Waals surface area contributed by atoms with Crippen LogP contribution in [0.3, 0.4) is 0 Å². The Kier molecular flexibility index (Phi) is 3.68. The first-order valence-electron chi connectivity index (χ1n) is 5.31. The normalized spacial score (nSPS) is 10.5. The Bertz CT molecular complexity index is 750. The summed E-state index contributed by atoms with van der Waals surface area (Å²) >= 11 is 11.7. The van der Waals surface area contributed by atoms with Crippen molar-refractivity contribution in [3.05, 3.63) is 54.8 Å². The molecule has 0 radical (unpaired) electrons. The van der Waals surface area contributed by atoms with Crippen LogP contribution in [0.2, 0.25) is 10.2 Å². The molecule has 0 unspecified atom stereocenters. The van der Waals surface area contributed by atoms with Crippen LogP contribution < -0.4 is 16.0 Å². The number of H-pyrrole nitrogens is 1. The van der Waals surface area contributed by atoms with Gasteiger partial charge in [-0.05, 0) is 25.1 Å². The van der Waals surface area contributed by atoms with Gasteiger partial charge in [0.2, 0.25) is 0 Å². The van der Waals surface area contributed by atoms with Gasteiger partial charge in [0, 0.05) is 0 Å². The van der Waals surface area contributed by atoms with Gasteiger partial charge >= 0.3 is 5.69 Å². The van der Waals surface area contributed by atoms with Crippen molar-refractivity contribution in [3.8, 4) is 11.4 Å². The van der Waals surface area contributed by atoms with Gasteiger partial charge in [-0.15, -0.1) is 0 Å². The van der Waals surface area contributed by atoms with Crippen LogP contribution >= 0.6 is 23.2 Å². The molecule has 19 heavy (non-hydrogen) atoms. The lowest BCUT2D eigenvalue weighted by Gasteiger charge is -2.09. The van der Waals surface area contributed by atoms with E-state index in [9.17, 15) is 9.59 Å². The highest BCUT2D eigenvalue weighted by molar-refractivity contribution is 6.32. The fourth-order valence-corrected chi connectivity index (χ4v) is 2.04. The summed E-state index contributed by atoms with van der Waals surface area (Å²) in [6, 6.07) is 4.62. The van der Waals surface area contributed by atoms with E-state index in [2.05, 4.69) is 4.98 Å². The van der Waals surface area contributed by atoms with Crippen molar-refractivity contribution in [3.63, 3.8) is 0 Å². The van der Waals surface area contributed by atoms with Crippen LogP contribution in [0.25, 0.3) is 5.69 Å². The molecule has 2 aromatic rings. The molecule has 0 aliphatic carbocycles. The van der Waals surface area contributed by atoms with Crippen molar-refractivity contribution in [1.29, 1.82) is 0 Å². The number of aromatic nitrogens is 2. The van der Waals surface area contributed by atoms with Crippen molar-refractivity contribution in [2.24, 2.45) is 0 Å². The predicted molar refractivity (Wildman–Crippen MR) is 74.0 cm³/mol. The van der Waals surface area contributed by atoms with E-state index in [0.717, 1.165) is 4.57 Å². The van der Waals surface area contributed by atoms with Crippen molar-refractivity contribution in [2.75, 3.05) is 7.11 Å². The third kappa shape index (κ3) is 2.39. The van der Waals surface area contributed by atoms with Crippen molar-refractivity contribution in [1.82, 2.24) is 9.55 Å². The standard InChI is InChI=1S/C12H10Cl2N2O3/c1-6-10(14)15-12(18)16(11(6)17)7-3-4-9(19-2)8(13)5-7/h3-5H,1-2H3,(H,15,18). The lowest BCUT2D eigenvalue weighted by atomic mass is 10.3. The maximum absolute atomic E-state index is 12.1. The van der Waals surface area contributed by atoms with E-state index in [1.54, 1.807) is 12.1 Å². The SMILES string of the molecule is COc1ccc(-n2c(=O)[nH]c(Cl)c(C)c2=O)cc1Cl. The molecule has 2 rings (SSSR count). The molecule has 0 saturated heterocycles. The smallest absolute Gasteiger partial charge is 0.334 e. The molecule has 0 amide bonds. The molecular formula is C12H10Cl2N2O3. The molecule has 100 valence electrons. The van der Waals surface area contributed by atoms with Gasteiger partial charge in [-0.2, -0.15) is 0 Å². The fraction of sp³-hybridized carbons (Fsp3) is 0.167. The van der Waals surface area contributed by atoms with Gasteiger partial charge in [0.15, 0.2) is 0 Å². The summed E-state index contributed by atoms with van der Waals surface area (Å²) in [6.07, 6.45) is 0. The fourth-order valence-electron chi connectivity index (χ4n) is 1.63. The van der Waals surface area contributed by atoms with Gasteiger partial charge in [-0.25, -0.2) is 9.36 Å². The Hall–Kier alpha value is -1.72. The highest BCUT2D eigenvalue weighted by Gasteiger charge is 2.12. The minimum Gasteiger partial charge on any atom is -0.495 e. The summed E-state index contributed by atoms with van der Waals surface area (Å²) in [5.41, 5.74) is -0.512.